The fourth-order valence-corrected chi connectivity index (χ4v) is 7.80. The Kier molecular flexibility index (Phi) is 5.51. The lowest BCUT2D eigenvalue weighted by atomic mass is 9.66. The maximum Gasteiger partial charge on any atom is 0.244 e. The van der Waals surface area contributed by atoms with E-state index in [1.807, 2.05) is 20.8 Å². The van der Waals surface area contributed by atoms with Crippen LogP contribution in [0.2, 0.25) is 0 Å². The number of fused-ring (bicyclic) bond motifs is 1. The predicted octanol–water partition coefficient (Wildman–Crippen LogP) is 0.365. The molecule has 0 aromatic carbocycles. The topological polar surface area (TPSA) is 98.7 Å². The van der Waals surface area contributed by atoms with Gasteiger partial charge in [0.25, 0.3) is 0 Å². The van der Waals surface area contributed by atoms with E-state index in [9.17, 15) is 19.5 Å². The quantitative estimate of drug-likeness (QED) is 0.601. The number of carbonyl (C=O) groups is 3. The summed E-state index contributed by atoms with van der Waals surface area (Å²) < 4.78 is -0.611. The van der Waals surface area contributed by atoms with Gasteiger partial charge in [-0.15, -0.1) is 11.8 Å². The second-order valence-electron chi connectivity index (χ2n) is 8.32. The van der Waals surface area contributed by atoms with Gasteiger partial charge < -0.3 is 20.6 Å². The molecule has 3 N–H and O–H groups in total. The van der Waals surface area contributed by atoms with Crippen molar-refractivity contribution >= 4 is 29.5 Å². The van der Waals surface area contributed by atoms with Gasteiger partial charge in [0.05, 0.1) is 29.2 Å². The second kappa shape index (κ2) is 7.28. The van der Waals surface area contributed by atoms with E-state index in [1.54, 1.807) is 23.7 Å². The maximum absolute atomic E-state index is 13.5. The largest absolute Gasteiger partial charge is 0.394 e. The minimum absolute atomic E-state index is 0.0484. The summed E-state index contributed by atoms with van der Waals surface area (Å²) in [5, 5.41) is 15.6. The highest BCUT2D eigenvalue weighted by Gasteiger charge is 2.76. The number of carbonyl (C=O) groups excluding carboxylic acids is 3. The normalized spacial score (nSPS) is 38.3. The SMILES string of the molecule is CC[C@@H](CO)N1C(=O)[C@@H]2[C@H](C(=O)NC)[C@@H]3CC(C)C2(S3)C1C(=O)NC(C)C. The van der Waals surface area contributed by atoms with Crippen molar-refractivity contribution in [2.75, 3.05) is 13.7 Å². The number of nitrogens with one attached hydrogen (secondary N) is 2. The number of amides is 3. The number of aliphatic hydroxyl groups is 1. The molecule has 152 valence electrons. The minimum Gasteiger partial charge on any atom is -0.394 e. The van der Waals surface area contributed by atoms with Gasteiger partial charge in [-0.2, -0.15) is 0 Å². The Balaban J connectivity index is 2.11. The monoisotopic (exact) mass is 397 g/mol. The molecule has 3 rings (SSSR count). The van der Waals surface area contributed by atoms with Gasteiger partial charge in [0.2, 0.25) is 17.7 Å². The highest BCUT2D eigenvalue weighted by Crippen LogP contribution is 2.68. The van der Waals surface area contributed by atoms with Gasteiger partial charge in [0, 0.05) is 18.3 Å². The summed E-state index contributed by atoms with van der Waals surface area (Å²) in [5.41, 5.74) is 0. The van der Waals surface area contributed by atoms with Gasteiger partial charge in [-0.25, -0.2) is 0 Å². The Hall–Kier alpha value is -1.28. The summed E-state index contributed by atoms with van der Waals surface area (Å²) in [7, 11) is 1.60. The highest BCUT2D eigenvalue weighted by atomic mass is 32.2. The lowest BCUT2D eigenvalue weighted by Gasteiger charge is -2.40. The molecule has 3 fully saturated rings. The van der Waals surface area contributed by atoms with E-state index in [1.165, 1.54) is 0 Å². The average Bonchev–Trinajstić information content (AvgIpc) is 3.19. The molecule has 0 aliphatic carbocycles. The molecule has 1 spiro atoms. The van der Waals surface area contributed by atoms with Crippen LogP contribution < -0.4 is 10.6 Å². The summed E-state index contributed by atoms with van der Waals surface area (Å²) in [6, 6.07) is -1.13. The van der Waals surface area contributed by atoms with Gasteiger partial charge in [0.15, 0.2) is 0 Å². The number of likely N-dealkylation sites (tertiary alicyclic amines) is 1. The molecule has 0 aromatic heterocycles. The van der Waals surface area contributed by atoms with Crippen LogP contribution in [0.1, 0.15) is 40.5 Å². The van der Waals surface area contributed by atoms with Gasteiger partial charge in [-0.3, -0.25) is 14.4 Å². The van der Waals surface area contributed by atoms with Crippen molar-refractivity contribution < 1.29 is 19.5 Å². The van der Waals surface area contributed by atoms with E-state index in [0.717, 1.165) is 6.42 Å². The predicted molar refractivity (Wildman–Crippen MR) is 104 cm³/mol. The van der Waals surface area contributed by atoms with Gasteiger partial charge in [-0.1, -0.05) is 13.8 Å². The van der Waals surface area contributed by atoms with Crippen molar-refractivity contribution in [3.05, 3.63) is 0 Å². The third-order valence-electron chi connectivity index (χ3n) is 6.49. The number of hydrogen-bond acceptors (Lipinski definition) is 5. The first-order valence-electron chi connectivity index (χ1n) is 9.87. The molecule has 3 saturated heterocycles. The van der Waals surface area contributed by atoms with Crippen molar-refractivity contribution in [2.45, 2.75) is 68.7 Å². The third kappa shape index (κ3) is 2.78. The smallest absolute Gasteiger partial charge is 0.244 e. The number of thioether (sulfide) groups is 1. The molecule has 2 bridgehead atoms. The van der Waals surface area contributed by atoms with Crippen LogP contribution >= 0.6 is 11.8 Å². The lowest BCUT2D eigenvalue weighted by molar-refractivity contribution is -0.142. The maximum atomic E-state index is 13.5. The van der Waals surface area contributed by atoms with Crippen LogP contribution in [0.5, 0.6) is 0 Å². The molecule has 0 radical (unpaired) electrons. The zero-order valence-corrected chi connectivity index (χ0v) is 17.5. The van der Waals surface area contributed by atoms with E-state index < -0.39 is 28.7 Å². The minimum atomic E-state index is -0.658. The first-order valence-corrected chi connectivity index (χ1v) is 10.7. The standard InChI is InChI=1S/C19H31N3O4S/c1-6-11(8-23)22-15(17(25)21-9(2)3)19-10(4)7-12(27-19)13(16(24)20-5)14(19)18(22)26/h9-15,23H,6-8H2,1-5H3,(H,20,24)(H,21,25)/t10?,11-,12-,13+,14-,15?,19?/m0/s1. The summed E-state index contributed by atoms with van der Waals surface area (Å²) >= 11 is 1.65. The van der Waals surface area contributed by atoms with Gasteiger partial charge in [0.1, 0.15) is 6.04 Å². The average molecular weight is 398 g/mol. The Bertz CT molecular complexity index is 638. The number of nitrogens with zero attached hydrogens (tertiary/aromatic N) is 1. The summed E-state index contributed by atoms with van der Waals surface area (Å²) in [6.07, 6.45) is 1.38. The fraction of sp³-hybridized carbons (Fsp3) is 0.842. The lowest BCUT2D eigenvalue weighted by Crippen LogP contribution is -2.59. The van der Waals surface area contributed by atoms with Crippen LogP contribution in [0.25, 0.3) is 0 Å². The van der Waals surface area contributed by atoms with Crippen molar-refractivity contribution in [2.24, 2.45) is 17.8 Å². The van der Waals surface area contributed by atoms with E-state index in [0.29, 0.717) is 6.42 Å². The van der Waals surface area contributed by atoms with Crippen LogP contribution in [0, 0.1) is 17.8 Å². The number of hydrogen-bond donors (Lipinski definition) is 3. The molecule has 7 nitrogen and oxygen atoms in total. The van der Waals surface area contributed by atoms with E-state index in [4.69, 9.17) is 0 Å². The Labute approximate surface area is 165 Å². The highest BCUT2D eigenvalue weighted by molar-refractivity contribution is 8.02. The first kappa shape index (κ1) is 20.5. The van der Waals surface area contributed by atoms with Gasteiger partial charge in [-0.05, 0) is 32.6 Å². The summed E-state index contributed by atoms with van der Waals surface area (Å²) in [5.74, 6) is -1.24. The molecule has 0 aromatic rings. The van der Waals surface area contributed by atoms with E-state index in [-0.39, 0.29) is 41.5 Å². The van der Waals surface area contributed by atoms with Gasteiger partial charge >= 0.3 is 0 Å². The molecule has 3 amide bonds. The van der Waals surface area contributed by atoms with Crippen molar-refractivity contribution in [3.63, 3.8) is 0 Å². The summed E-state index contributed by atoms with van der Waals surface area (Å²) in [4.78, 5) is 41.0. The van der Waals surface area contributed by atoms with Crippen LogP contribution in [0.4, 0.5) is 0 Å². The van der Waals surface area contributed by atoms with E-state index >= 15 is 0 Å². The van der Waals surface area contributed by atoms with Crippen LogP contribution in [0.15, 0.2) is 0 Å². The zero-order valence-electron chi connectivity index (χ0n) is 16.7. The second-order valence-corrected chi connectivity index (χ2v) is 9.87. The molecule has 8 heteroatoms. The van der Waals surface area contributed by atoms with E-state index in [2.05, 4.69) is 17.6 Å². The van der Waals surface area contributed by atoms with Crippen LogP contribution in [-0.4, -0.2) is 69.5 Å². The van der Waals surface area contributed by atoms with Crippen LogP contribution in [0.3, 0.4) is 0 Å². The molecule has 3 aliphatic heterocycles. The molecule has 27 heavy (non-hydrogen) atoms. The van der Waals surface area contributed by atoms with Crippen molar-refractivity contribution in [1.29, 1.82) is 0 Å². The van der Waals surface area contributed by atoms with Crippen molar-refractivity contribution in [3.8, 4) is 0 Å². The summed E-state index contributed by atoms with van der Waals surface area (Å²) in [6.45, 7) is 7.60. The van der Waals surface area contributed by atoms with Crippen LogP contribution in [-0.2, 0) is 14.4 Å². The fourth-order valence-electron chi connectivity index (χ4n) is 5.40. The molecular weight excluding hydrogens is 366 g/mol. The molecule has 0 saturated carbocycles. The number of rotatable bonds is 6. The third-order valence-corrected chi connectivity index (χ3v) is 8.56. The van der Waals surface area contributed by atoms with Crippen molar-refractivity contribution in [1.82, 2.24) is 15.5 Å². The Morgan fingerprint density at radius 3 is 2.56 bits per heavy atom. The Morgan fingerprint density at radius 2 is 2.04 bits per heavy atom. The molecule has 7 atom stereocenters. The molecule has 3 aliphatic rings. The number of aliphatic hydroxyl groups excluding tert-OH is 1. The Morgan fingerprint density at radius 1 is 1.37 bits per heavy atom. The molecular formula is C19H31N3O4S. The molecule has 3 heterocycles. The zero-order chi connectivity index (χ0) is 20.1. The first-order chi connectivity index (χ1) is 12.7. The molecule has 3 unspecified atom stereocenters.